The molecular weight excluding hydrogens is 400 g/mol. The quantitative estimate of drug-likeness (QED) is 0.518. The number of rotatable bonds is 7. The van der Waals surface area contributed by atoms with Gasteiger partial charge in [-0.2, -0.15) is 0 Å². The number of hydrogen-bond donors (Lipinski definition) is 2. The molecule has 0 bridgehead atoms. The Morgan fingerprint density at radius 1 is 1.07 bits per heavy atom. The summed E-state index contributed by atoms with van der Waals surface area (Å²) in [4.78, 5) is 18.2. The van der Waals surface area contributed by atoms with Gasteiger partial charge in [0.1, 0.15) is 0 Å². The van der Waals surface area contributed by atoms with E-state index in [4.69, 9.17) is 0 Å². The number of carbonyl (C=O) groups is 1. The summed E-state index contributed by atoms with van der Waals surface area (Å²) in [5.74, 6) is 0.639. The molecule has 0 aliphatic carbocycles. The fourth-order valence-electron chi connectivity index (χ4n) is 3.09. The van der Waals surface area contributed by atoms with Crippen molar-refractivity contribution in [3.8, 4) is 0 Å². The topological polar surface area (TPSA) is 90.9 Å². The van der Waals surface area contributed by atoms with E-state index in [1.165, 1.54) is 6.26 Å². The van der Waals surface area contributed by atoms with Crippen LogP contribution in [0.25, 0.3) is 0 Å². The van der Waals surface area contributed by atoms with E-state index in [2.05, 4.69) is 15.6 Å². The molecule has 0 fully saturated rings. The number of nitrogens with zero attached hydrogens (tertiary/aromatic N) is 2. The molecule has 0 heterocycles. The number of sulfone groups is 1. The molecule has 2 aromatic rings. The molecule has 0 aliphatic heterocycles. The van der Waals surface area contributed by atoms with E-state index in [-0.39, 0.29) is 5.91 Å². The lowest BCUT2D eigenvalue weighted by Crippen LogP contribution is -2.37. The lowest BCUT2D eigenvalue weighted by molar-refractivity contribution is 0.0827. The highest BCUT2D eigenvalue weighted by Crippen LogP contribution is 2.16. The first kappa shape index (κ1) is 23.4. The third kappa shape index (κ3) is 6.59. The molecule has 0 unspecified atom stereocenters. The normalized spacial score (nSPS) is 11.8. The van der Waals surface area contributed by atoms with Gasteiger partial charge < -0.3 is 15.5 Å². The molecule has 0 saturated carbocycles. The maximum absolute atomic E-state index is 12.1. The highest BCUT2D eigenvalue weighted by atomic mass is 32.2. The number of hydrogen-bond acceptors (Lipinski definition) is 4. The largest absolute Gasteiger partial charge is 0.356 e. The van der Waals surface area contributed by atoms with Crippen molar-refractivity contribution >= 4 is 21.7 Å². The van der Waals surface area contributed by atoms with Crippen LogP contribution < -0.4 is 10.6 Å². The van der Waals surface area contributed by atoms with Crippen molar-refractivity contribution in [2.24, 2.45) is 4.99 Å². The van der Waals surface area contributed by atoms with Crippen molar-refractivity contribution < 1.29 is 13.2 Å². The van der Waals surface area contributed by atoms with Crippen LogP contribution in [0, 0.1) is 6.92 Å². The van der Waals surface area contributed by atoms with Crippen molar-refractivity contribution in [2.45, 2.75) is 24.8 Å². The predicted octanol–water partition coefficient (Wildman–Crippen LogP) is 2.01. The molecule has 1 amide bonds. The Bertz CT molecular complexity index is 1030. The molecule has 0 aromatic heterocycles. The molecule has 7 nitrogen and oxygen atoms in total. The number of benzene rings is 2. The maximum Gasteiger partial charge on any atom is 0.253 e. The highest BCUT2D eigenvalue weighted by Gasteiger charge is 2.11. The number of guanidine groups is 1. The first-order chi connectivity index (χ1) is 14.1. The van der Waals surface area contributed by atoms with Gasteiger partial charge in [-0.05, 0) is 48.2 Å². The van der Waals surface area contributed by atoms with Crippen molar-refractivity contribution in [1.82, 2.24) is 15.5 Å². The van der Waals surface area contributed by atoms with Gasteiger partial charge in [0, 0.05) is 46.1 Å². The van der Waals surface area contributed by atoms with Crippen LogP contribution >= 0.6 is 0 Å². The average molecular weight is 431 g/mol. The molecular formula is C22H30N4O3S. The van der Waals surface area contributed by atoms with Crippen LogP contribution in [0.2, 0.25) is 0 Å². The predicted molar refractivity (Wildman–Crippen MR) is 121 cm³/mol. The van der Waals surface area contributed by atoms with E-state index in [9.17, 15) is 13.2 Å². The van der Waals surface area contributed by atoms with Crippen molar-refractivity contribution in [1.29, 1.82) is 0 Å². The Hall–Kier alpha value is -2.87. The van der Waals surface area contributed by atoms with E-state index >= 15 is 0 Å². The Morgan fingerprint density at radius 2 is 1.80 bits per heavy atom. The lowest BCUT2D eigenvalue weighted by Gasteiger charge is -2.14. The van der Waals surface area contributed by atoms with Crippen LogP contribution in [-0.4, -0.2) is 59.1 Å². The first-order valence-corrected chi connectivity index (χ1v) is 11.6. The van der Waals surface area contributed by atoms with Gasteiger partial charge in [0.15, 0.2) is 15.8 Å². The summed E-state index contributed by atoms with van der Waals surface area (Å²) >= 11 is 0. The SMILES string of the molecule is CN=C(NCCc1cccc(C(=O)N(C)C)c1)NCc1ccc(S(C)(=O)=O)c(C)c1. The van der Waals surface area contributed by atoms with Gasteiger partial charge in [0.05, 0.1) is 4.90 Å². The Morgan fingerprint density at radius 3 is 2.40 bits per heavy atom. The summed E-state index contributed by atoms with van der Waals surface area (Å²) in [6.45, 7) is 2.98. The molecule has 162 valence electrons. The Labute approximate surface area is 179 Å². The van der Waals surface area contributed by atoms with E-state index in [1.54, 1.807) is 45.1 Å². The summed E-state index contributed by atoms with van der Waals surface area (Å²) in [5.41, 5.74) is 3.44. The first-order valence-electron chi connectivity index (χ1n) is 9.66. The zero-order chi connectivity index (χ0) is 22.3. The van der Waals surface area contributed by atoms with Crippen LogP contribution in [0.1, 0.15) is 27.0 Å². The smallest absolute Gasteiger partial charge is 0.253 e. The molecule has 0 radical (unpaired) electrons. The zero-order valence-corrected chi connectivity index (χ0v) is 19.0. The van der Waals surface area contributed by atoms with E-state index < -0.39 is 9.84 Å². The number of nitrogens with one attached hydrogen (secondary N) is 2. The van der Waals surface area contributed by atoms with Gasteiger partial charge >= 0.3 is 0 Å². The molecule has 0 atom stereocenters. The minimum Gasteiger partial charge on any atom is -0.356 e. The van der Waals surface area contributed by atoms with E-state index in [1.807, 2.05) is 30.3 Å². The van der Waals surface area contributed by atoms with Gasteiger partial charge in [0.2, 0.25) is 0 Å². The number of aliphatic imine (C=N–C) groups is 1. The minimum atomic E-state index is -3.22. The van der Waals surface area contributed by atoms with Gasteiger partial charge in [-0.25, -0.2) is 8.42 Å². The molecule has 0 aliphatic rings. The number of carbonyl (C=O) groups excluding carboxylic acids is 1. The monoisotopic (exact) mass is 430 g/mol. The van der Waals surface area contributed by atoms with Crippen LogP contribution in [0.5, 0.6) is 0 Å². The third-order valence-corrected chi connectivity index (χ3v) is 5.87. The standard InChI is InChI=1S/C22H30N4O3S/c1-16-13-18(9-10-20(16)30(5,28)29)15-25-22(23-2)24-12-11-17-7-6-8-19(14-17)21(27)26(3)4/h6-10,13-14H,11-12,15H2,1-5H3,(H2,23,24,25). The fraction of sp³-hybridized carbons (Fsp3) is 0.364. The molecule has 2 rings (SSSR count). The molecule has 0 spiro atoms. The summed E-state index contributed by atoms with van der Waals surface area (Å²) in [7, 11) is 1.96. The summed E-state index contributed by atoms with van der Waals surface area (Å²) in [6.07, 6.45) is 1.96. The summed E-state index contributed by atoms with van der Waals surface area (Å²) in [6, 6.07) is 12.9. The van der Waals surface area contributed by atoms with Crippen molar-refractivity contribution in [3.05, 3.63) is 64.7 Å². The van der Waals surface area contributed by atoms with Gasteiger partial charge in [0.25, 0.3) is 5.91 Å². The fourth-order valence-corrected chi connectivity index (χ4v) is 4.05. The number of aryl methyl sites for hydroxylation is 1. The van der Waals surface area contributed by atoms with Crippen LogP contribution in [0.3, 0.4) is 0 Å². The Kier molecular flexibility index (Phi) is 8.00. The second-order valence-electron chi connectivity index (χ2n) is 7.37. The third-order valence-electron chi connectivity index (χ3n) is 4.61. The van der Waals surface area contributed by atoms with Crippen molar-refractivity contribution in [3.63, 3.8) is 0 Å². The van der Waals surface area contributed by atoms with Gasteiger partial charge in [-0.15, -0.1) is 0 Å². The molecule has 30 heavy (non-hydrogen) atoms. The van der Waals surface area contributed by atoms with Gasteiger partial charge in [-0.3, -0.25) is 9.79 Å². The highest BCUT2D eigenvalue weighted by molar-refractivity contribution is 7.90. The van der Waals surface area contributed by atoms with Gasteiger partial charge in [-0.1, -0.05) is 24.3 Å². The maximum atomic E-state index is 12.1. The minimum absolute atomic E-state index is 0.0144. The summed E-state index contributed by atoms with van der Waals surface area (Å²) < 4.78 is 23.5. The second-order valence-corrected chi connectivity index (χ2v) is 9.36. The molecule has 2 aromatic carbocycles. The average Bonchev–Trinajstić information content (AvgIpc) is 2.69. The lowest BCUT2D eigenvalue weighted by atomic mass is 10.1. The van der Waals surface area contributed by atoms with Crippen LogP contribution in [0.15, 0.2) is 52.4 Å². The van der Waals surface area contributed by atoms with Crippen LogP contribution in [0.4, 0.5) is 0 Å². The van der Waals surface area contributed by atoms with Crippen LogP contribution in [-0.2, 0) is 22.8 Å². The second kappa shape index (κ2) is 10.2. The summed E-state index contributed by atoms with van der Waals surface area (Å²) in [5, 5.41) is 6.49. The zero-order valence-electron chi connectivity index (χ0n) is 18.2. The van der Waals surface area contributed by atoms with E-state index in [0.29, 0.717) is 29.5 Å². The molecule has 2 N–H and O–H groups in total. The Balaban J connectivity index is 1.90. The number of amides is 1. The van der Waals surface area contributed by atoms with E-state index in [0.717, 1.165) is 23.1 Å². The molecule has 0 saturated heterocycles. The van der Waals surface area contributed by atoms with Crippen molar-refractivity contribution in [2.75, 3.05) is 33.9 Å². The molecule has 8 heteroatoms.